The summed E-state index contributed by atoms with van der Waals surface area (Å²) in [5, 5.41) is 10.4. The highest BCUT2D eigenvalue weighted by Gasteiger charge is 2.25. The molecule has 0 spiro atoms. The molecule has 0 radical (unpaired) electrons. The first-order chi connectivity index (χ1) is 8.58. The monoisotopic (exact) mass is 250 g/mol. The van der Waals surface area contributed by atoms with Crippen LogP contribution in [0.2, 0.25) is 0 Å². The molecular weight excluding hydrogens is 228 g/mol. The summed E-state index contributed by atoms with van der Waals surface area (Å²) < 4.78 is 1.82. The normalized spacial score (nSPS) is 24.2. The number of anilines is 1. The third kappa shape index (κ3) is 2.90. The van der Waals surface area contributed by atoms with Crippen LogP contribution in [0.1, 0.15) is 39.7 Å². The molecule has 100 valence electrons. The highest BCUT2D eigenvalue weighted by Crippen LogP contribution is 2.18. The molecule has 1 aromatic rings. The molecule has 1 aliphatic rings. The van der Waals surface area contributed by atoms with Crippen LogP contribution in [0.15, 0.2) is 12.3 Å². The Bertz CT molecular complexity index is 413. The fraction of sp³-hybridized carbons (Fsp3) is 0.692. The van der Waals surface area contributed by atoms with Gasteiger partial charge in [-0.3, -0.25) is 4.79 Å². The summed E-state index contributed by atoms with van der Waals surface area (Å²) in [6, 6.07) is 2.00. The largest absolute Gasteiger partial charge is 0.310 e. The van der Waals surface area contributed by atoms with Crippen molar-refractivity contribution in [3.63, 3.8) is 0 Å². The molecule has 2 rings (SSSR count). The van der Waals surface area contributed by atoms with Crippen LogP contribution in [0.3, 0.4) is 0 Å². The molecule has 2 unspecified atom stereocenters. The quantitative estimate of drug-likeness (QED) is 0.860. The van der Waals surface area contributed by atoms with Crippen molar-refractivity contribution in [2.75, 3.05) is 11.9 Å². The van der Waals surface area contributed by atoms with Crippen LogP contribution in [0, 0.1) is 5.92 Å². The minimum Gasteiger partial charge on any atom is -0.310 e. The molecule has 2 atom stereocenters. The zero-order chi connectivity index (χ0) is 13.1. The van der Waals surface area contributed by atoms with Gasteiger partial charge in [0.1, 0.15) is 5.82 Å². The number of aromatic nitrogens is 2. The second-order valence-electron chi connectivity index (χ2n) is 5.38. The molecule has 2 N–H and O–H groups in total. The minimum absolute atomic E-state index is 0.0453. The van der Waals surface area contributed by atoms with Crippen molar-refractivity contribution in [2.45, 2.75) is 45.7 Å². The van der Waals surface area contributed by atoms with Crippen LogP contribution in [0.4, 0.5) is 5.82 Å². The van der Waals surface area contributed by atoms with Gasteiger partial charge in [-0.25, -0.2) is 4.68 Å². The number of rotatable bonds is 3. The molecule has 0 bridgehead atoms. The number of carbonyl (C=O) groups excluding carboxylic acids is 1. The van der Waals surface area contributed by atoms with E-state index in [1.807, 2.05) is 24.6 Å². The van der Waals surface area contributed by atoms with Crippen molar-refractivity contribution < 1.29 is 4.79 Å². The molecule has 1 amide bonds. The molecule has 1 aromatic heterocycles. The van der Waals surface area contributed by atoms with Crippen molar-refractivity contribution in [3.05, 3.63) is 12.3 Å². The van der Waals surface area contributed by atoms with E-state index < -0.39 is 0 Å². The van der Waals surface area contributed by atoms with Crippen LogP contribution in [-0.2, 0) is 4.79 Å². The third-order valence-corrected chi connectivity index (χ3v) is 3.39. The number of hydrogen-bond acceptors (Lipinski definition) is 3. The Balaban J connectivity index is 2.00. The van der Waals surface area contributed by atoms with Gasteiger partial charge in [0.2, 0.25) is 5.91 Å². The molecular formula is C13H22N4O. The van der Waals surface area contributed by atoms with E-state index in [0.29, 0.717) is 5.92 Å². The lowest BCUT2D eigenvalue weighted by atomic mass is 9.94. The number of hydrogen-bond donors (Lipinski definition) is 2. The molecule has 5 nitrogen and oxygen atoms in total. The number of nitrogens with one attached hydrogen (secondary N) is 2. The van der Waals surface area contributed by atoms with E-state index in [1.54, 1.807) is 6.20 Å². The Kier molecular flexibility index (Phi) is 4.01. The van der Waals surface area contributed by atoms with Crippen molar-refractivity contribution in [1.29, 1.82) is 0 Å². The van der Waals surface area contributed by atoms with Crippen LogP contribution in [0.25, 0.3) is 0 Å². The Labute approximate surface area is 108 Å². The van der Waals surface area contributed by atoms with Gasteiger partial charge < -0.3 is 10.6 Å². The van der Waals surface area contributed by atoms with Crippen LogP contribution in [0.5, 0.6) is 0 Å². The van der Waals surface area contributed by atoms with E-state index in [-0.39, 0.29) is 18.0 Å². The maximum atomic E-state index is 12.2. The van der Waals surface area contributed by atoms with E-state index in [1.165, 1.54) is 0 Å². The lowest BCUT2D eigenvalue weighted by Gasteiger charge is -2.27. The van der Waals surface area contributed by atoms with Gasteiger partial charge in [-0.15, -0.1) is 0 Å². The predicted molar refractivity (Wildman–Crippen MR) is 71.4 cm³/mol. The fourth-order valence-electron chi connectivity index (χ4n) is 2.35. The summed E-state index contributed by atoms with van der Waals surface area (Å²) in [5.74, 6) is 1.43. The van der Waals surface area contributed by atoms with E-state index >= 15 is 0 Å². The predicted octanol–water partition coefficient (Wildman–Crippen LogP) is 1.79. The molecule has 0 saturated carbocycles. The first kappa shape index (κ1) is 13.1. The maximum Gasteiger partial charge on any atom is 0.242 e. The van der Waals surface area contributed by atoms with E-state index in [9.17, 15) is 4.79 Å². The Hall–Kier alpha value is -1.36. The van der Waals surface area contributed by atoms with E-state index in [2.05, 4.69) is 22.7 Å². The highest BCUT2D eigenvalue weighted by atomic mass is 16.2. The Morgan fingerprint density at radius 2 is 2.39 bits per heavy atom. The summed E-state index contributed by atoms with van der Waals surface area (Å²) in [7, 11) is 0. The zero-order valence-corrected chi connectivity index (χ0v) is 11.3. The smallest absolute Gasteiger partial charge is 0.242 e. The van der Waals surface area contributed by atoms with Crippen LogP contribution in [-0.4, -0.2) is 28.3 Å². The standard InChI is InChI=1S/C13H22N4O/c1-9(2)17-12(5-7-15-17)16-13(18)11-8-10(3)4-6-14-11/h5,7,9-11,14H,4,6,8H2,1-3H3,(H,16,18). The topological polar surface area (TPSA) is 59.0 Å². The lowest BCUT2D eigenvalue weighted by molar-refractivity contribution is -0.119. The van der Waals surface area contributed by atoms with Gasteiger partial charge in [0.05, 0.1) is 12.2 Å². The minimum atomic E-state index is -0.0794. The molecule has 1 fully saturated rings. The van der Waals surface area contributed by atoms with Gasteiger partial charge in [-0.2, -0.15) is 5.10 Å². The van der Waals surface area contributed by atoms with Gasteiger partial charge in [0.25, 0.3) is 0 Å². The summed E-state index contributed by atoms with van der Waals surface area (Å²) >= 11 is 0. The van der Waals surface area contributed by atoms with Gasteiger partial charge in [-0.05, 0) is 39.2 Å². The maximum absolute atomic E-state index is 12.2. The summed E-state index contributed by atoms with van der Waals surface area (Å²) in [4.78, 5) is 12.2. The van der Waals surface area contributed by atoms with Crippen molar-refractivity contribution in [2.24, 2.45) is 5.92 Å². The molecule has 5 heteroatoms. The molecule has 0 aromatic carbocycles. The average Bonchev–Trinajstić information content (AvgIpc) is 2.77. The number of piperidine rings is 1. The Morgan fingerprint density at radius 3 is 3.06 bits per heavy atom. The molecule has 0 aliphatic carbocycles. The van der Waals surface area contributed by atoms with Crippen molar-refractivity contribution in [1.82, 2.24) is 15.1 Å². The number of carbonyl (C=O) groups is 1. The van der Waals surface area contributed by atoms with E-state index in [4.69, 9.17) is 0 Å². The van der Waals surface area contributed by atoms with Gasteiger partial charge in [-0.1, -0.05) is 6.92 Å². The highest BCUT2D eigenvalue weighted by molar-refractivity contribution is 5.94. The van der Waals surface area contributed by atoms with Gasteiger partial charge in [0, 0.05) is 12.1 Å². The summed E-state index contributed by atoms with van der Waals surface area (Å²) in [6.45, 7) is 7.20. The summed E-state index contributed by atoms with van der Waals surface area (Å²) in [5.41, 5.74) is 0. The Morgan fingerprint density at radius 1 is 1.61 bits per heavy atom. The molecule has 1 saturated heterocycles. The van der Waals surface area contributed by atoms with Gasteiger partial charge >= 0.3 is 0 Å². The second-order valence-corrected chi connectivity index (χ2v) is 5.38. The van der Waals surface area contributed by atoms with Crippen LogP contribution < -0.4 is 10.6 Å². The number of nitrogens with zero attached hydrogens (tertiary/aromatic N) is 2. The second kappa shape index (κ2) is 5.52. The molecule has 18 heavy (non-hydrogen) atoms. The van der Waals surface area contributed by atoms with Crippen molar-refractivity contribution in [3.8, 4) is 0 Å². The lowest BCUT2D eigenvalue weighted by Crippen LogP contribution is -2.45. The number of amides is 1. The summed E-state index contributed by atoms with van der Waals surface area (Å²) in [6.07, 6.45) is 3.77. The molecule has 2 heterocycles. The average molecular weight is 250 g/mol. The van der Waals surface area contributed by atoms with E-state index in [0.717, 1.165) is 25.2 Å². The van der Waals surface area contributed by atoms with Crippen molar-refractivity contribution >= 4 is 11.7 Å². The van der Waals surface area contributed by atoms with Crippen LogP contribution >= 0.6 is 0 Å². The molecule has 1 aliphatic heterocycles. The fourth-order valence-corrected chi connectivity index (χ4v) is 2.35. The van der Waals surface area contributed by atoms with Gasteiger partial charge in [0.15, 0.2) is 0 Å². The third-order valence-electron chi connectivity index (χ3n) is 3.39. The first-order valence-corrected chi connectivity index (χ1v) is 6.65. The SMILES string of the molecule is CC1CCNC(C(=O)Nc2ccnn2C(C)C)C1. The first-order valence-electron chi connectivity index (χ1n) is 6.65. The zero-order valence-electron chi connectivity index (χ0n) is 11.3.